The van der Waals surface area contributed by atoms with Gasteiger partial charge in [0.1, 0.15) is 0 Å². The van der Waals surface area contributed by atoms with Crippen molar-refractivity contribution < 1.29 is 0 Å². The predicted molar refractivity (Wildman–Crippen MR) is 162 cm³/mol. The fourth-order valence-electron chi connectivity index (χ4n) is 7.15. The van der Waals surface area contributed by atoms with Gasteiger partial charge in [0.2, 0.25) is 0 Å². The van der Waals surface area contributed by atoms with Crippen molar-refractivity contribution in [3.8, 4) is 0 Å². The lowest BCUT2D eigenvalue weighted by molar-refractivity contribution is 0.281. The van der Waals surface area contributed by atoms with Gasteiger partial charge in [0.05, 0.1) is 0 Å². The van der Waals surface area contributed by atoms with Crippen molar-refractivity contribution in [2.75, 3.05) is 0 Å². The summed E-state index contributed by atoms with van der Waals surface area (Å²) in [5, 5.41) is 0. The molecule has 0 heterocycles. The third-order valence-corrected chi connectivity index (χ3v) is 8.97. The SMILES string of the molecule is C=C(C)c1ccc(C)c(C2=CC=C(C=C3CC4=CC(C)C(C(=C)CCC)C(C5=CC=CC5)C4C3=C)C2)c1. The van der Waals surface area contributed by atoms with E-state index in [0.717, 1.165) is 37.7 Å². The smallest absolute Gasteiger partial charge is 0.0120 e. The zero-order chi connectivity index (χ0) is 26.3. The fourth-order valence-corrected chi connectivity index (χ4v) is 7.15. The molecule has 0 nitrogen and oxygen atoms in total. The van der Waals surface area contributed by atoms with Crippen molar-refractivity contribution >= 4 is 11.1 Å². The van der Waals surface area contributed by atoms with Crippen molar-refractivity contribution in [1.82, 2.24) is 0 Å². The molecule has 0 amide bonds. The lowest BCUT2D eigenvalue weighted by atomic mass is 9.62. The van der Waals surface area contributed by atoms with Crippen LogP contribution in [0.4, 0.5) is 0 Å². The summed E-state index contributed by atoms with van der Waals surface area (Å²) in [6, 6.07) is 6.71. The highest BCUT2D eigenvalue weighted by molar-refractivity contribution is 5.78. The molecule has 0 aromatic heterocycles. The van der Waals surface area contributed by atoms with Gasteiger partial charge in [-0.15, -0.1) is 0 Å². The number of hydrogen-bond acceptors (Lipinski definition) is 0. The molecule has 4 aliphatic carbocycles. The first-order valence-electron chi connectivity index (χ1n) is 14.1. The van der Waals surface area contributed by atoms with E-state index in [0.29, 0.717) is 23.7 Å². The second-order valence-electron chi connectivity index (χ2n) is 11.7. The molecule has 1 saturated carbocycles. The topological polar surface area (TPSA) is 0 Å². The third kappa shape index (κ3) is 4.79. The minimum Gasteiger partial charge on any atom is -0.0995 e. The molecule has 0 heteroatoms. The van der Waals surface area contributed by atoms with Crippen LogP contribution in [0.5, 0.6) is 0 Å². The number of fused-ring (bicyclic) bond motifs is 1. The normalized spacial score (nSPS) is 27.7. The van der Waals surface area contributed by atoms with Crippen LogP contribution in [0.3, 0.4) is 0 Å². The van der Waals surface area contributed by atoms with Gasteiger partial charge < -0.3 is 0 Å². The van der Waals surface area contributed by atoms with Gasteiger partial charge in [0.15, 0.2) is 0 Å². The van der Waals surface area contributed by atoms with E-state index < -0.39 is 0 Å². The van der Waals surface area contributed by atoms with Crippen LogP contribution in [-0.2, 0) is 0 Å². The molecule has 4 aliphatic rings. The maximum Gasteiger partial charge on any atom is 0.0120 e. The van der Waals surface area contributed by atoms with Crippen LogP contribution in [-0.4, -0.2) is 0 Å². The summed E-state index contributed by atoms with van der Waals surface area (Å²) < 4.78 is 0. The van der Waals surface area contributed by atoms with Crippen molar-refractivity contribution in [2.24, 2.45) is 23.7 Å². The van der Waals surface area contributed by atoms with Crippen molar-refractivity contribution in [2.45, 2.75) is 59.8 Å². The van der Waals surface area contributed by atoms with E-state index in [1.165, 1.54) is 44.6 Å². The number of benzene rings is 1. The molecule has 190 valence electrons. The van der Waals surface area contributed by atoms with Crippen LogP contribution in [0.1, 0.15) is 69.6 Å². The minimum atomic E-state index is 0.413. The Kier molecular flexibility index (Phi) is 7.13. The van der Waals surface area contributed by atoms with Crippen LogP contribution in [0.25, 0.3) is 11.1 Å². The molecule has 0 saturated heterocycles. The van der Waals surface area contributed by atoms with E-state index in [1.807, 2.05) is 0 Å². The largest absolute Gasteiger partial charge is 0.0995 e. The fraction of sp³-hybridized carbons (Fsp3) is 0.351. The summed E-state index contributed by atoms with van der Waals surface area (Å²) in [6.45, 7) is 22.5. The summed E-state index contributed by atoms with van der Waals surface area (Å²) in [5.41, 5.74) is 15.1. The second-order valence-corrected chi connectivity index (χ2v) is 11.7. The minimum absolute atomic E-state index is 0.413. The van der Waals surface area contributed by atoms with E-state index in [-0.39, 0.29) is 0 Å². The Morgan fingerprint density at radius 2 is 1.89 bits per heavy atom. The molecule has 5 rings (SSSR count). The Morgan fingerprint density at radius 3 is 2.59 bits per heavy atom. The molecule has 0 N–H and O–H groups in total. The number of aryl methyl sites for hydroxylation is 1. The van der Waals surface area contributed by atoms with Crippen LogP contribution < -0.4 is 0 Å². The monoisotopic (exact) mass is 486 g/mol. The summed E-state index contributed by atoms with van der Waals surface area (Å²) in [4.78, 5) is 0. The third-order valence-electron chi connectivity index (χ3n) is 8.97. The molecule has 1 fully saturated rings. The molecule has 0 aliphatic heterocycles. The lowest BCUT2D eigenvalue weighted by Gasteiger charge is -2.42. The highest BCUT2D eigenvalue weighted by atomic mass is 14.5. The van der Waals surface area contributed by atoms with Gasteiger partial charge in [0, 0.05) is 5.92 Å². The van der Waals surface area contributed by atoms with E-state index in [1.54, 1.807) is 11.1 Å². The molecule has 0 bridgehead atoms. The van der Waals surface area contributed by atoms with Gasteiger partial charge in [-0.3, -0.25) is 0 Å². The standard InChI is InChI=1S/C37H42/c1-8-11-25(5)35-26(6)18-33-21-32(27(7)36(33)37(35)29-12-9-10-13-29)20-28-15-17-31(19-28)34-22-30(23(2)3)16-14-24(34)4/h9-10,12,14-18,20,22,26,35-37H,2,5,7-8,11,13,19,21H2,1,3-4,6H3. The van der Waals surface area contributed by atoms with E-state index in [2.05, 4.69) is 102 Å². The van der Waals surface area contributed by atoms with Crippen molar-refractivity contribution in [3.63, 3.8) is 0 Å². The lowest BCUT2D eigenvalue weighted by Crippen LogP contribution is -2.34. The summed E-state index contributed by atoms with van der Waals surface area (Å²) in [6.07, 6.45) is 21.9. The highest BCUT2D eigenvalue weighted by Gasteiger charge is 2.45. The summed E-state index contributed by atoms with van der Waals surface area (Å²) in [7, 11) is 0. The van der Waals surface area contributed by atoms with Gasteiger partial charge in [-0.1, -0.05) is 117 Å². The Balaban J connectivity index is 1.40. The number of rotatable bonds is 7. The predicted octanol–water partition coefficient (Wildman–Crippen LogP) is 10.3. The molecular weight excluding hydrogens is 444 g/mol. The zero-order valence-electron chi connectivity index (χ0n) is 23.2. The Bertz CT molecular complexity index is 1340. The Hall–Kier alpha value is -3.12. The second kappa shape index (κ2) is 10.3. The van der Waals surface area contributed by atoms with Crippen LogP contribution >= 0.6 is 0 Å². The van der Waals surface area contributed by atoms with Crippen molar-refractivity contribution in [3.05, 3.63) is 131 Å². The Morgan fingerprint density at radius 1 is 1.08 bits per heavy atom. The van der Waals surface area contributed by atoms with Crippen LogP contribution in [0, 0.1) is 30.6 Å². The average Bonchev–Trinajstić information content (AvgIpc) is 3.61. The van der Waals surface area contributed by atoms with E-state index >= 15 is 0 Å². The molecule has 0 radical (unpaired) electrons. The quantitative estimate of drug-likeness (QED) is 0.336. The van der Waals surface area contributed by atoms with Gasteiger partial charge in [-0.2, -0.15) is 0 Å². The molecule has 1 aromatic carbocycles. The van der Waals surface area contributed by atoms with Crippen LogP contribution in [0.2, 0.25) is 0 Å². The maximum atomic E-state index is 4.73. The molecule has 1 aromatic rings. The van der Waals surface area contributed by atoms with Crippen molar-refractivity contribution in [1.29, 1.82) is 0 Å². The molecule has 0 spiro atoms. The zero-order valence-corrected chi connectivity index (χ0v) is 23.2. The first kappa shape index (κ1) is 25.5. The molecular formula is C37H42. The van der Waals surface area contributed by atoms with E-state index in [4.69, 9.17) is 6.58 Å². The molecule has 37 heavy (non-hydrogen) atoms. The average molecular weight is 487 g/mol. The summed E-state index contributed by atoms with van der Waals surface area (Å²) >= 11 is 0. The number of allylic oxidation sites excluding steroid dienone is 15. The number of hydrogen-bond donors (Lipinski definition) is 0. The first-order chi connectivity index (χ1) is 17.8. The van der Waals surface area contributed by atoms with Gasteiger partial charge >= 0.3 is 0 Å². The van der Waals surface area contributed by atoms with Gasteiger partial charge in [-0.25, -0.2) is 0 Å². The first-order valence-corrected chi connectivity index (χ1v) is 14.1. The maximum absolute atomic E-state index is 4.73. The molecule has 4 atom stereocenters. The molecule has 4 unspecified atom stereocenters. The van der Waals surface area contributed by atoms with Gasteiger partial charge in [-0.05, 0) is 102 Å². The highest BCUT2D eigenvalue weighted by Crippen LogP contribution is 2.56. The summed E-state index contributed by atoms with van der Waals surface area (Å²) in [5.74, 6) is 1.92. The van der Waals surface area contributed by atoms with Gasteiger partial charge in [0.25, 0.3) is 0 Å². The van der Waals surface area contributed by atoms with E-state index in [9.17, 15) is 0 Å². The van der Waals surface area contributed by atoms with Crippen LogP contribution in [0.15, 0.2) is 114 Å². The Labute approximate surface area is 225 Å².